The molecule has 0 heterocycles. The van der Waals surface area contributed by atoms with Crippen molar-refractivity contribution in [3.05, 3.63) is 231 Å². The van der Waals surface area contributed by atoms with Crippen LogP contribution in [0.4, 0.5) is 0 Å². The molecule has 278 valence electrons. The molecule has 60 heavy (non-hydrogen) atoms. The Bertz CT molecular complexity index is 3560. The molecular formula is C60H38. The summed E-state index contributed by atoms with van der Waals surface area (Å²) < 4.78 is 0. The van der Waals surface area contributed by atoms with Crippen LogP contribution in [0.3, 0.4) is 0 Å². The van der Waals surface area contributed by atoms with Gasteiger partial charge in [0.15, 0.2) is 0 Å². The average Bonchev–Trinajstić information content (AvgIpc) is 3.32. The fourth-order valence-electron chi connectivity index (χ4n) is 9.76. The number of rotatable bonds is 5. The van der Waals surface area contributed by atoms with Gasteiger partial charge in [0, 0.05) is 0 Å². The van der Waals surface area contributed by atoms with E-state index in [1.807, 2.05) is 0 Å². The van der Waals surface area contributed by atoms with Crippen molar-refractivity contribution in [2.45, 2.75) is 0 Å². The molecule has 0 saturated heterocycles. The summed E-state index contributed by atoms with van der Waals surface area (Å²) in [6, 6.07) is 85.5. The first-order chi connectivity index (χ1) is 29.7. The Morgan fingerprint density at radius 1 is 0.183 bits per heavy atom. The zero-order valence-electron chi connectivity index (χ0n) is 32.9. The lowest BCUT2D eigenvalue weighted by Crippen LogP contribution is -1.94. The van der Waals surface area contributed by atoms with Gasteiger partial charge in [-0.25, -0.2) is 0 Å². The lowest BCUT2D eigenvalue weighted by atomic mass is 9.82. The molecule has 0 amide bonds. The summed E-state index contributed by atoms with van der Waals surface area (Å²) >= 11 is 0. The van der Waals surface area contributed by atoms with Gasteiger partial charge in [0.25, 0.3) is 0 Å². The molecule has 0 unspecified atom stereocenters. The second kappa shape index (κ2) is 13.9. The highest BCUT2D eigenvalue weighted by atomic mass is 14.2. The van der Waals surface area contributed by atoms with Gasteiger partial charge in [0.2, 0.25) is 0 Å². The summed E-state index contributed by atoms with van der Waals surface area (Å²) in [4.78, 5) is 0. The van der Waals surface area contributed by atoms with Crippen LogP contribution in [0.1, 0.15) is 0 Å². The highest BCUT2D eigenvalue weighted by Crippen LogP contribution is 2.48. The van der Waals surface area contributed by atoms with Crippen LogP contribution in [0, 0.1) is 0 Å². The zero-order valence-corrected chi connectivity index (χ0v) is 32.9. The Kier molecular flexibility index (Phi) is 7.96. The van der Waals surface area contributed by atoms with Gasteiger partial charge in [0.1, 0.15) is 0 Å². The van der Waals surface area contributed by atoms with Crippen LogP contribution in [0.25, 0.3) is 120 Å². The first-order valence-electron chi connectivity index (χ1n) is 20.8. The molecule has 0 nitrogen and oxygen atoms in total. The van der Waals surface area contributed by atoms with Gasteiger partial charge in [0.05, 0.1) is 0 Å². The molecule has 0 N–H and O–H groups in total. The Morgan fingerprint density at radius 2 is 0.583 bits per heavy atom. The number of fused-ring (bicyclic) bond motifs is 6. The van der Waals surface area contributed by atoms with Crippen LogP contribution in [-0.2, 0) is 0 Å². The molecule has 0 aliphatic heterocycles. The van der Waals surface area contributed by atoms with E-state index in [1.54, 1.807) is 0 Å². The molecule has 12 rings (SSSR count). The molecule has 0 aromatic heterocycles. The second-order valence-corrected chi connectivity index (χ2v) is 16.0. The SMILES string of the molecule is c1ccc2cc(-c3cccc4c(-c5c(-c6cccc7ccccc67)ccc6ccc(-c7cccc8ccccc78)cc56)ccc(-c5ccc6ccccc6c5)c34)ccc2c1. The van der Waals surface area contributed by atoms with Gasteiger partial charge in [-0.2, -0.15) is 0 Å². The van der Waals surface area contributed by atoms with Crippen molar-refractivity contribution < 1.29 is 0 Å². The Morgan fingerprint density at radius 3 is 1.25 bits per heavy atom. The van der Waals surface area contributed by atoms with Crippen molar-refractivity contribution in [1.29, 1.82) is 0 Å². The summed E-state index contributed by atoms with van der Waals surface area (Å²) in [7, 11) is 0. The van der Waals surface area contributed by atoms with Gasteiger partial charge in [-0.15, -0.1) is 0 Å². The minimum absolute atomic E-state index is 1.21. The molecule has 0 atom stereocenters. The van der Waals surface area contributed by atoms with Crippen LogP contribution >= 0.6 is 0 Å². The normalized spacial score (nSPS) is 11.7. The van der Waals surface area contributed by atoms with Crippen LogP contribution in [-0.4, -0.2) is 0 Å². The first-order valence-corrected chi connectivity index (χ1v) is 20.8. The minimum Gasteiger partial charge on any atom is -0.0616 e. The van der Waals surface area contributed by atoms with Crippen LogP contribution in [0.2, 0.25) is 0 Å². The standard InChI is InChI=1S/C60H38/c1-3-16-44-36-46(29-26-39(44)12-1)52-23-11-25-55-57(35-34-53(59(52)55)47-30-27-40-13-2-4-17-45(40)37-47)60-56(54-24-10-19-42-15-6-8-21-50(42)54)33-32-43-28-31-48(38-58(43)60)51-22-9-18-41-14-5-7-20-49(41)51/h1-38H. The molecule has 0 spiro atoms. The summed E-state index contributed by atoms with van der Waals surface area (Å²) in [5.41, 5.74) is 12.3. The highest BCUT2D eigenvalue weighted by molar-refractivity contribution is 6.19. The number of benzene rings is 12. The van der Waals surface area contributed by atoms with E-state index in [0.29, 0.717) is 0 Å². The molecule has 12 aromatic carbocycles. The van der Waals surface area contributed by atoms with Gasteiger partial charge in [-0.3, -0.25) is 0 Å². The van der Waals surface area contributed by atoms with Gasteiger partial charge >= 0.3 is 0 Å². The van der Waals surface area contributed by atoms with Gasteiger partial charge < -0.3 is 0 Å². The van der Waals surface area contributed by atoms with E-state index in [9.17, 15) is 0 Å². The third-order valence-electron chi connectivity index (χ3n) is 12.6. The second-order valence-electron chi connectivity index (χ2n) is 16.0. The van der Waals surface area contributed by atoms with E-state index < -0.39 is 0 Å². The lowest BCUT2D eigenvalue weighted by molar-refractivity contribution is 1.62. The molecule has 0 fully saturated rings. The Hall–Kier alpha value is -7.80. The number of hydrogen-bond acceptors (Lipinski definition) is 0. The highest BCUT2D eigenvalue weighted by Gasteiger charge is 2.21. The maximum Gasteiger partial charge on any atom is -0.00201 e. The van der Waals surface area contributed by atoms with E-state index in [1.165, 1.54) is 120 Å². The fourth-order valence-corrected chi connectivity index (χ4v) is 9.76. The van der Waals surface area contributed by atoms with Crippen molar-refractivity contribution in [3.8, 4) is 55.6 Å². The summed E-state index contributed by atoms with van der Waals surface area (Å²) in [5, 5.41) is 14.9. The van der Waals surface area contributed by atoms with Crippen molar-refractivity contribution in [1.82, 2.24) is 0 Å². The van der Waals surface area contributed by atoms with E-state index >= 15 is 0 Å². The summed E-state index contributed by atoms with van der Waals surface area (Å²) in [6.07, 6.45) is 0. The number of hydrogen-bond donors (Lipinski definition) is 0. The molecule has 12 aromatic rings. The maximum absolute atomic E-state index is 2.44. The maximum atomic E-state index is 2.44. The fraction of sp³-hybridized carbons (Fsp3) is 0. The monoisotopic (exact) mass is 758 g/mol. The molecular weight excluding hydrogens is 721 g/mol. The van der Waals surface area contributed by atoms with Crippen molar-refractivity contribution in [2.24, 2.45) is 0 Å². The smallest absolute Gasteiger partial charge is 0.00201 e. The molecule has 0 heteroatoms. The molecule has 0 bridgehead atoms. The van der Waals surface area contributed by atoms with E-state index in [-0.39, 0.29) is 0 Å². The topological polar surface area (TPSA) is 0 Å². The Labute approximate surface area is 349 Å². The van der Waals surface area contributed by atoms with Crippen LogP contribution in [0.5, 0.6) is 0 Å². The van der Waals surface area contributed by atoms with Crippen LogP contribution in [0.15, 0.2) is 231 Å². The van der Waals surface area contributed by atoms with Gasteiger partial charge in [-0.05, 0) is 138 Å². The van der Waals surface area contributed by atoms with Crippen molar-refractivity contribution in [2.75, 3.05) is 0 Å². The first kappa shape index (κ1) is 34.3. The summed E-state index contributed by atoms with van der Waals surface area (Å²) in [5.74, 6) is 0. The summed E-state index contributed by atoms with van der Waals surface area (Å²) in [6.45, 7) is 0. The third kappa shape index (κ3) is 5.61. The van der Waals surface area contributed by atoms with Crippen LogP contribution < -0.4 is 0 Å². The van der Waals surface area contributed by atoms with E-state index in [2.05, 4.69) is 231 Å². The molecule has 0 saturated carbocycles. The van der Waals surface area contributed by atoms with Gasteiger partial charge in [-0.1, -0.05) is 212 Å². The van der Waals surface area contributed by atoms with Crippen molar-refractivity contribution >= 4 is 64.6 Å². The third-order valence-corrected chi connectivity index (χ3v) is 12.6. The zero-order chi connectivity index (χ0) is 39.6. The quantitative estimate of drug-likeness (QED) is 0.164. The van der Waals surface area contributed by atoms with E-state index in [0.717, 1.165) is 0 Å². The predicted molar refractivity (Wildman–Crippen MR) is 259 cm³/mol. The van der Waals surface area contributed by atoms with Crippen molar-refractivity contribution in [3.63, 3.8) is 0 Å². The minimum atomic E-state index is 1.21. The largest absolute Gasteiger partial charge is 0.0616 e. The predicted octanol–water partition coefficient (Wildman–Crippen LogP) is 16.9. The lowest BCUT2D eigenvalue weighted by Gasteiger charge is -2.21. The average molecular weight is 759 g/mol. The molecule has 0 aliphatic carbocycles. The molecule has 0 aliphatic rings. The Balaban J connectivity index is 1.20. The molecule has 0 radical (unpaired) electrons. The van der Waals surface area contributed by atoms with E-state index in [4.69, 9.17) is 0 Å².